The van der Waals surface area contributed by atoms with Crippen LogP contribution in [0, 0.1) is 4.64 Å². The Morgan fingerprint density at radius 3 is 1.50 bits per heavy atom. The summed E-state index contributed by atoms with van der Waals surface area (Å²) < 4.78 is 5.83. The number of ether oxygens (including phenoxy) is 1. The van der Waals surface area contributed by atoms with Gasteiger partial charge in [0, 0.05) is 44.0 Å². The van der Waals surface area contributed by atoms with E-state index in [1.165, 1.54) is 32.5 Å². The molecule has 1 aromatic rings. The Balaban J connectivity index is 0.000000575. The first-order chi connectivity index (χ1) is 23.0. The summed E-state index contributed by atoms with van der Waals surface area (Å²) in [6, 6.07) is 1.93. The van der Waals surface area contributed by atoms with Crippen molar-refractivity contribution in [2.24, 2.45) is 0 Å². The van der Waals surface area contributed by atoms with Crippen molar-refractivity contribution in [2.75, 3.05) is 0 Å². The van der Waals surface area contributed by atoms with Crippen molar-refractivity contribution < 1.29 is 4.74 Å². The summed E-state index contributed by atoms with van der Waals surface area (Å²) in [5, 5.41) is 17.0. The maximum absolute atomic E-state index is 5.05. The highest BCUT2D eigenvalue weighted by Crippen LogP contribution is 2.33. The smallest absolute Gasteiger partial charge is 0.189 e. The van der Waals surface area contributed by atoms with E-state index < -0.39 is 0 Å². The van der Waals surface area contributed by atoms with Gasteiger partial charge in [-0.05, 0) is 92.0 Å². The van der Waals surface area contributed by atoms with Crippen LogP contribution in [0.15, 0.2) is 122 Å². The molecule has 5 aliphatic rings. The van der Waals surface area contributed by atoms with Crippen molar-refractivity contribution in [3.05, 3.63) is 132 Å². The Hall–Kier alpha value is -4.07. The molecule has 1 aromatic heterocycles. The van der Waals surface area contributed by atoms with Crippen LogP contribution in [-0.4, -0.2) is 10.2 Å². The number of aromatic amines is 2. The average molecular weight is 744 g/mol. The van der Waals surface area contributed by atoms with E-state index in [0.717, 1.165) is 68.2 Å². The quantitative estimate of drug-likeness (QED) is 0.138. The van der Waals surface area contributed by atoms with Gasteiger partial charge < -0.3 is 47.5 Å². The van der Waals surface area contributed by atoms with Gasteiger partial charge in [-0.15, -0.1) is 0 Å². The fourth-order valence-corrected chi connectivity index (χ4v) is 5.81. The van der Waals surface area contributed by atoms with Crippen molar-refractivity contribution in [1.82, 2.24) is 47.9 Å². The number of allylic oxidation sites excluding steroid dienone is 10. The van der Waals surface area contributed by atoms with E-state index >= 15 is 0 Å². The highest BCUT2D eigenvalue weighted by Gasteiger charge is 2.12. The summed E-state index contributed by atoms with van der Waals surface area (Å²) >= 11 is 8.26. The minimum atomic E-state index is 0. The number of rotatable bonds is 3. The van der Waals surface area contributed by atoms with Gasteiger partial charge >= 0.3 is 0 Å². The van der Waals surface area contributed by atoms with E-state index in [1.54, 1.807) is 23.5 Å². The van der Waals surface area contributed by atoms with E-state index in [-0.39, 0.29) is 7.43 Å². The van der Waals surface area contributed by atoms with Crippen molar-refractivity contribution in [2.45, 2.75) is 95.9 Å². The number of hydrazine groups is 2. The largest absolute Gasteiger partial charge is 0.445 e. The summed E-state index contributed by atoms with van der Waals surface area (Å²) in [6.07, 6.45) is 5.10. The van der Waals surface area contributed by atoms with Crippen LogP contribution < -0.4 is 37.7 Å². The third kappa shape index (κ3) is 17.0. The van der Waals surface area contributed by atoms with Gasteiger partial charge in [0.1, 0.15) is 10.4 Å². The van der Waals surface area contributed by atoms with Gasteiger partial charge in [-0.3, -0.25) is 5.10 Å². The molecule has 5 aliphatic heterocycles. The minimum absolute atomic E-state index is 0. The monoisotopic (exact) mass is 743 g/mol. The standard InChI is InChI=1S/C7H12N2.C7H11NS.C6H9NO.C6H9NS.C5H8N2S.C5H8N2.CH4/c1-4-7-5(2)6(3)8-9-7;1-4-7-5(2)8-6(3)9-7;2*1-4-5(2)8-6(3)7-4;1-2-4-3-5(8)7-6-4;1-4-3-5(2)7-6-4;/h8-9H,3-4H2,1-2H3;8H,3-4H2,1-2H3;2*7H,3H2,1-2H3;3H,2H2,1H3,(H2,6,7,8);3,6-7H,1H2,2H3;1H4. The van der Waals surface area contributed by atoms with Crippen LogP contribution in [0.4, 0.5) is 0 Å². The molecule has 0 saturated carbocycles. The highest BCUT2D eigenvalue weighted by molar-refractivity contribution is 8.07. The summed E-state index contributed by atoms with van der Waals surface area (Å²) in [5.74, 6) is 1.54. The second-order valence-electron chi connectivity index (χ2n) is 11.1. The van der Waals surface area contributed by atoms with Gasteiger partial charge in [-0.2, -0.15) is 0 Å². The van der Waals surface area contributed by atoms with Crippen molar-refractivity contribution >= 4 is 35.7 Å². The molecule has 0 aliphatic carbocycles. The zero-order valence-corrected chi connectivity index (χ0v) is 33.4. The zero-order chi connectivity index (χ0) is 37.3. The SMILES string of the molecule is C.C=C1C=C(C)NN1.C=C1NC(C)=C(C)O1.C=C1NC(C)=C(C)S1.C=C1NC(C)=C(CC)S1.C=C1NNC(CC)=C1C.CCc1cc(=S)[nH][nH]1. The first-order valence-corrected chi connectivity index (χ1v) is 18.1. The van der Waals surface area contributed by atoms with Gasteiger partial charge in [0.05, 0.1) is 21.5 Å². The number of nitrogens with one attached hydrogen (secondary N) is 9. The maximum atomic E-state index is 5.05. The minimum Gasteiger partial charge on any atom is -0.445 e. The van der Waals surface area contributed by atoms with Crippen LogP contribution in [0.25, 0.3) is 0 Å². The van der Waals surface area contributed by atoms with Gasteiger partial charge in [0.15, 0.2) is 5.88 Å². The summed E-state index contributed by atoms with van der Waals surface area (Å²) in [6.45, 7) is 39.1. The molecule has 0 aromatic carbocycles. The molecule has 0 saturated heterocycles. The van der Waals surface area contributed by atoms with Crippen molar-refractivity contribution in [3.63, 3.8) is 0 Å². The summed E-state index contributed by atoms with van der Waals surface area (Å²) in [7, 11) is 0. The van der Waals surface area contributed by atoms with Crippen molar-refractivity contribution in [3.8, 4) is 0 Å². The molecule has 50 heavy (non-hydrogen) atoms. The first kappa shape index (κ1) is 45.9. The molecule has 10 nitrogen and oxygen atoms in total. The fourth-order valence-electron chi connectivity index (χ4n) is 3.98. The zero-order valence-electron chi connectivity index (χ0n) is 30.9. The maximum Gasteiger partial charge on any atom is 0.189 e. The Kier molecular flexibility index (Phi) is 21.5. The molecule has 0 radical (unpaired) electrons. The number of H-pyrrole nitrogens is 2. The molecule has 6 rings (SSSR count). The molecule has 278 valence electrons. The summed E-state index contributed by atoms with van der Waals surface area (Å²) in [4.78, 5) is 2.75. The Morgan fingerprint density at radius 1 is 0.700 bits per heavy atom. The van der Waals surface area contributed by atoms with E-state index in [0.29, 0.717) is 5.88 Å². The molecule has 0 amide bonds. The van der Waals surface area contributed by atoms with Crippen LogP contribution in [-0.2, 0) is 11.2 Å². The summed E-state index contributed by atoms with van der Waals surface area (Å²) in [5.41, 5.74) is 22.0. The van der Waals surface area contributed by atoms with Crippen LogP contribution >= 0.6 is 35.7 Å². The number of aryl methyl sites for hydroxylation is 1. The molecule has 6 heterocycles. The van der Waals surface area contributed by atoms with E-state index in [1.807, 2.05) is 32.9 Å². The Morgan fingerprint density at radius 2 is 1.32 bits per heavy atom. The van der Waals surface area contributed by atoms with Gasteiger partial charge in [0.2, 0.25) is 0 Å². The van der Waals surface area contributed by atoms with E-state index in [4.69, 9.17) is 17.0 Å². The third-order valence-electron chi connectivity index (χ3n) is 7.04. The number of aromatic nitrogens is 2. The molecule has 0 bridgehead atoms. The second kappa shape index (κ2) is 23.4. The molecular formula is C37H61N9OS3. The average Bonchev–Trinajstić information content (AvgIpc) is 3.89. The van der Waals surface area contributed by atoms with Crippen LogP contribution in [0.1, 0.15) is 95.2 Å². The molecule has 0 unspecified atom stereocenters. The third-order valence-corrected chi connectivity index (χ3v) is 9.41. The highest BCUT2D eigenvalue weighted by atomic mass is 32.2. The number of thioether (sulfide) groups is 2. The lowest BCUT2D eigenvalue weighted by atomic mass is 10.2. The lowest BCUT2D eigenvalue weighted by molar-refractivity contribution is 0.319. The topological polar surface area (TPSA) is 125 Å². The predicted molar refractivity (Wildman–Crippen MR) is 222 cm³/mol. The molecule has 0 spiro atoms. The number of hydrogen-bond donors (Lipinski definition) is 9. The Bertz CT molecular complexity index is 1530. The lowest BCUT2D eigenvalue weighted by Gasteiger charge is -1.97. The van der Waals surface area contributed by atoms with Crippen molar-refractivity contribution in [1.29, 1.82) is 0 Å². The second-order valence-corrected chi connectivity index (χ2v) is 14.1. The predicted octanol–water partition coefficient (Wildman–Crippen LogP) is 9.88. The van der Waals surface area contributed by atoms with Gasteiger partial charge in [-0.1, -0.05) is 90.3 Å². The van der Waals surface area contributed by atoms with Gasteiger partial charge in [0.25, 0.3) is 0 Å². The first-order valence-electron chi connectivity index (χ1n) is 16.0. The number of hydrogen-bond acceptors (Lipinski definition) is 11. The van der Waals surface area contributed by atoms with Gasteiger partial charge in [-0.25, -0.2) is 0 Å². The molecule has 13 heteroatoms. The fraction of sp³-hybridized carbons (Fsp3) is 0.378. The van der Waals surface area contributed by atoms with Crippen LogP contribution in [0.5, 0.6) is 0 Å². The lowest BCUT2D eigenvalue weighted by Crippen LogP contribution is -2.21. The van der Waals surface area contributed by atoms with Crippen LogP contribution in [0.2, 0.25) is 0 Å². The normalized spacial score (nSPS) is 16.7. The Labute approximate surface area is 315 Å². The molecule has 0 fully saturated rings. The van der Waals surface area contributed by atoms with E-state index in [2.05, 4.69) is 129 Å². The molecular weight excluding hydrogens is 683 g/mol. The molecule has 0 atom stereocenters. The molecule has 9 N–H and O–H groups in total. The van der Waals surface area contributed by atoms with Crippen LogP contribution in [0.3, 0.4) is 0 Å². The van der Waals surface area contributed by atoms with E-state index in [9.17, 15) is 0 Å².